The van der Waals surface area contributed by atoms with Crippen molar-refractivity contribution in [3.05, 3.63) is 56.8 Å². The largest absolute Gasteiger partial charge is 0.365 e. The molecule has 4 rings (SSSR count). The number of allylic oxidation sites excluding steroid dienone is 1. The molecule has 5 nitrogen and oxygen atoms in total. The maximum Gasteiger partial charge on any atom is 0.251 e. The first-order valence-electron chi connectivity index (χ1n) is 10.2. The van der Waals surface area contributed by atoms with Crippen molar-refractivity contribution in [2.75, 3.05) is 5.32 Å². The number of primary amides is 1. The van der Waals surface area contributed by atoms with E-state index in [1.54, 1.807) is 0 Å². The van der Waals surface area contributed by atoms with Crippen LogP contribution in [0.15, 0.2) is 35.2 Å². The summed E-state index contributed by atoms with van der Waals surface area (Å²) in [5, 5.41) is 3.39. The number of hydrogen-bond donors (Lipinski definition) is 2. The molecule has 0 radical (unpaired) electrons. The van der Waals surface area contributed by atoms with Crippen molar-refractivity contribution in [1.29, 1.82) is 0 Å². The van der Waals surface area contributed by atoms with E-state index in [9.17, 15) is 14.4 Å². The molecule has 1 fully saturated rings. The zero-order chi connectivity index (χ0) is 22.0. The minimum Gasteiger partial charge on any atom is -0.365 e. The average molecular weight is 471 g/mol. The minimum absolute atomic E-state index is 0.0314. The van der Waals surface area contributed by atoms with Gasteiger partial charge < -0.3 is 11.1 Å². The number of thioether (sulfide) groups is 1. The Morgan fingerprint density at radius 3 is 2.68 bits per heavy atom. The smallest absolute Gasteiger partial charge is 0.251 e. The Morgan fingerprint density at radius 2 is 1.94 bits per heavy atom. The number of amides is 2. The van der Waals surface area contributed by atoms with E-state index >= 15 is 0 Å². The molecule has 0 bridgehead atoms. The number of carbonyl (C=O) groups is 3. The highest BCUT2D eigenvalue weighted by atomic mass is 32.2. The van der Waals surface area contributed by atoms with Crippen molar-refractivity contribution in [1.82, 2.24) is 0 Å². The van der Waals surface area contributed by atoms with E-state index in [0.717, 1.165) is 41.7 Å². The molecular weight excluding hydrogens is 448 g/mol. The molecule has 2 aliphatic rings. The maximum atomic E-state index is 12.8. The van der Waals surface area contributed by atoms with Gasteiger partial charge in [-0.1, -0.05) is 54.3 Å². The van der Waals surface area contributed by atoms with E-state index in [0.29, 0.717) is 26.1 Å². The van der Waals surface area contributed by atoms with Gasteiger partial charge in [0.2, 0.25) is 5.91 Å². The first-order valence-corrected chi connectivity index (χ1v) is 12.2. The standard InChI is InChI=1S/C23H22N2O3S3/c24-21(28)19-14-8-4-5-9-16(14)30-22(19)25-18(26)11-10-15-20(27)17(31-23(15)29)12-13-6-2-1-3-7-13/h1-3,6-7,12,15H,4-5,8-11H2,(H2,24,28)(H,25,26)/b17-12-. The van der Waals surface area contributed by atoms with Gasteiger partial charge in [0.15, 0.2) is 5.78 Å². The van der Waals surface area contributed by atoms with Gasteiger partial charge in [0, 0.05) is 11.3 Å². The van der Waals surface area contributed by atoms with Crippen LogP contribution in [-0.4, -0.2) is 21.8 Å². The normalized spacial score (nSPS) is 19.5. The molecule has 1 aliphatic heterocycles. The van der Waals surface area contributed by atoms with Crippen LogP contribution in [0.5, 0.6) is 0 Å². The Balaban J connectivity index is 1.41. The third-order valence-electron chi connectivity index (χ3n) is 5.48. The number of nitrogens with one attached hydrogen (secondary N) is 1. The molecule has 31 heavy (non-hydrogen) atoms. The SMILES string of the molecule is NC(=O)c1c(NC(=O)CCC2C(=O)/C(=C/c3ccccc3)SC2=S)sc2c1CCCC2. The van der Waals surface area contributed by atoms with Gasteiger partial charge in [-0.15, -0.1) is 11.3 Å². The molecule has 3 N–H and O–H groups in total. The molecule has 1 atom stereocenters. The molecule has 0 spiro atoms. The number of rotatable bonds is 6. The summed E-state index contributed by atoms with van der Waals surface area (Å²) in [4.78, 5) is 39.1. The van der Waals surface area contributed by atoms with Crippen LogP contribution in [0.25, 0.3) is 6.08 Å². The zero-order valence-electron chi connectivity index (χ0n) is 16.8. The van der Waals surface area contributed by atoms with Crippen molar-refractivity contribution in [3.8, 4) is 0 Å². The van der Waals surface area contributed by atoms with Gasteiger partial charge in [-0.3, -0.25) is 14.4 Å². The highest BCUT2D eigenvalue weighted by Gasteiger charge is 2.35. The fourth-order valence-corrected chi connectivity index (χ4v) is 6.76. The Morgan fingerprint density at radius 1 is 1.19 bits per heavy atom. The molecule has 1 aromatic heterocycles. The summed E-state index contributed by atoms with van der Waals surface area (Å²) >= 11 is 8.17. The van der Waals surface area contributed by atoms with Crippen LogP contribution >= 0.6 is 35.3 Å². The van der Waals surface area contributed by atoms with E-state index < -0.39 is 11.8 Å². The van der Waals surface area contributed by atoms with Gasteiger partial charge in [0.05, 0.1) is 20.6 Å². The third kappa shape index (κ3) is 4.81. The number of carbonyl (C=O) groups excluding carboxylic acids is 3. The molecule has 2 amide bonds. The summed E-state index contributed by atoms with van der Waals surface area (Å²) in [5.74, 6) is -1.22. The summed E-state index contributed by atoms with van der Waals surface area (Å²) in [6, 6.07) is 9.62. The van der Waals surface area contributed by atoms with E-state index in [2.05, 4.69) is 5.32 Å². The van der Waals surface area contributed by atoms with Gasteiger partial charge in [-0.05, 0) is 49.3 Å². The van der Waals surface area contributed by atoms with E-state index in [4.69, 9.17) is 18.0 Å². The monoisotopic (exact) mass is 470 g/mol. The number of benzene rings is 1. The van der Waals surface area contributed by atoms with Gasteiger partial charge in [-0.25, -0.2) is 0 Å². The summed E-state index contributed by atoms with van der Waals surface area (Å²) in [6.07, 6.45) is 6.17. The molecule has 2 heterocycles. The number of Topliss-reactive ketones (excluding diaryl/α,β-unsaturated/α-hetero) is 1. The fraction of sp³-hybridized carbons (Fsp3) is 0.304. The van der Waals surface area contributed by atoms with Crippen molar-refractivity contribution >= 4 is 68.2 Å². The van der Waals surface area contributed by atoms with Crippen LogP contribution in [0.3, 0.4) is 0 Å². The third-order valence-corrected chi connectivity index (χ3v) is 8.25. The highest BCUT2D eigenvalue weighted by Crippen LogP contribution is 2.40. The number of thiophene rings is 1. The lowest BCUT2D eigenvalue weighted by molar-refractivity contribution is -0.117. The summed E-state index contributed by atoms with van der Waals surface area (Å²) in [7, 11) is 0. The number of ketones is 1. The van der Waals surface area contributed by atoms with Gasteiger partial charge >= 0.3 is 0 Å². The Hall–Kier alpha value is -2.29. The predicted octanol–water partition coefficient (Wildman–Crippen LogP) is 4.75. The zero-order valence-corrected chi connectivity index (χ0v) is 19.3. The molecule has 0 saturated carbocycles. The molecule has 2 aromatic rings. The van der Waals surface area contributed by atoms with Gasteiger partial charge in [-0.2, -0.15) is 0 Å². The van der Waals surface area contributed by atoms with Crippen molar-refractivity contribution in [3.63, 3.8) is 0 Å². The lowest BCUT2D eigenvalue weighted by atomic mass is 9.95. The molecule has 8 heteroatoms. The Kier molecular flexibility index (Phi) is 6.69. The number of thiocarbonyl (C=S) groups is 1. The lowest BCUT2D eigenvalue weighted by Gasteiger charge is -2.11. The summed E-state index contributed by atoms with van der Waals surface area (Å²) < 4.78 is 0.601. The molecule has 1 saturated heterocycles. The second-order valence-electron chi connectivity index (χ2n) is 7.62. The van der Waals surface area contributed by atoms with Gasteiger partial charge in [0.1, 0.15) is 5.00 Å². The first kappa shape index (κ1) is 21.9. The topological polar surface area (TPSA) is 89.3 Å². The number of hydrogen-bond acceptors (Lipinski definition) is 6. The van der Waals surface area contributed by atoms with E-state index in [-0.39, 0.29) is 18.1 Å². The Labute approximate surface area is 194 Å². The van der Waals surface area contributed by atoms with Crippen LogP contribution in [-0.2, 0) is 22.4 Å². The van der Waals surface area contributed by atoms with Crippen LogP contribution in [0.2, 0.25) is 0 Å². The minimum atomic E-state index is -0.506. The second-order valence-corrected chi connectivity index (χ2v) is 10.5. The number of fused-ring (bicyclic) bond motifs is 1. The molecular formula is C23H22N2O3S3. The number of anilines is 1. The maximum absolute atomic E-state index is 12.8. The van der Waals surface area contributed by atoms with Crippen molar-refractivity contribution in [2.24, 2.45) is 11.7 Å². The van der Waals surface area contributed by atoms with Crippen LogP contribution < -0.4 is 11.1 Å². The van der Waals surface area contributed by atoms with Crippen molar-refractivity contribution < 1.29 is 14.4 Å². The fourth-order valence-electron chi connectivity index (χ4n) is 3.94. The predicted molar refractivity (Wildman–Crippen MR) is 130 cm³/mol. The van der Waals surface area contributed by atoms with E-state index in [1.807, 2.05) is 36.4 Å². The quantitative estimate of drug-likeness (QED) is 0.470. The second kappa shape index (κ2) is 9.46. The van der Waals surface area contributed by atoms with Crippen LogP contribution in [0.1, 0.15) is 52.0 Å². The van der Waals surface area contributed by atoms with Crippen molar-refractivity contribution in [2.45, 2.75) is 38.5 Å². The molecule has 1 aromatic carbocycles. The summed E-state index contributed by atoms with van der Waals surface area (Å²) in [5.41, 5.74) is 7.97. The lowest BCUT2D eigenvalue weighted by Crippen LogP contribution is -2.20. The average Bonchev–Trinajstić information content (AvgIpc) is 3.23. The molecule has 1 aliphatic carbocycles. The molecule has 160 valence electrons. The van der Waals surface area contributed by atoms with Crippen LogP contribution in [0.4, 0.5) is 5.00 Å². The Bertz CT molecular complexity index is 1090. The first-order chi connectivity index (χ1) is 14.9. The van der Waals surface area contributed by atoms with Crippen LogP contribution in [0, 0.1) is 5.92 Å². The molecule has 1 unspecified atom stereocenters. The van der Waals surface area contributed by atoms with E-state index in [1.165, 1.54) is 23.1 Å². The highest BCUT2D eigenvalue weighted by molar-refractivity contribution is 8.27. The number of aryl methyl sites for hydroxylation is 1. The van der Waals surface area contributed by atoms with Gasteiger partial charge in [0.25, 0.3) is 5.91 Å². The number of nitrogens with two attached hydrogens (primary N) is 1. The summed E-state index contributed by atoms with van der Waals surface area (Å²) in [6.45, 7) is 0.